The highest BCUT2D eigenvalue weighted by molar-refractivity contribution is 7.98. The molecule has 8 nitrogen and oxygen atoms in total. The first-order valence-corrected chi connectivity index (χ1v) is 10.8. The Morgan fingerprint density at radius 1 is 1.27 bits per heavy atom. The smallest absolute Gasteiger partial charge is 0.257 e. The van der Waals surface area contributed by atoms with E-state index in [-0.39, 0.29) is 17.0 Å². The van der Waals surface area contributed by atoms with Gasteiger partial charge in [0.05, 0.1) is 24.1 Å². The van der Waals surface area contributed by atoms with Crippen LogP contribution in [0.2, 0.25) is 0 Å². The van der Waals surface area contributed by atoms with Crippen molar-refractivity contribution in [2.45, 2.75) is 12.5 Å². The van der Waals surface area contributed by atoms with Crippen molar-refractivity contribution in [3.63, 3.8) is 0 Å². The first-order valence-electron chi connectivity index (χ1n) is 9.42. The quantitative estimate of drug-likeness (QED) is 0.474. The number of fused-ring (bicyclic) bond motifs is 2. The van der Waals surface area contributed by atoms with Crippen LogP contribution in [0.15, 0.2) is 53.6 Å². The number of carbonyl (C=O) groups excluding carboxylic acids is 1. The second-order valence-electron chi connectivity index (χ2n) is 6.71. The zero-order valence-electron chi connectivity index (χ0n) is 16.6. The van der Waals surface area contributed by atoms with Crippen LogP contribution in [0.5, 0.6) is 5.75 Å². The Morgan fingerprint density at radius 2 is 2.13 bits per heavy atom. The molecule has 2 N–H and O–H groups in total. The minimum atomic E-state index is -0.459. The molecule has 0 bridgehead atoms. The van der Waals surface area contributed by atoms with Gasteiger partial charge in [0.25, 0.3) is 5.91 Å². The van der Waals surface area contributed by atoms with Crippen LogP contribution in [0.25, 0.3) is 16.6 Å². The minimum Gasteiger partial charge on any atom is -0.495 e. The molecule has 0 unspecified atom stereocenters. The van der Waals surface area contributed by atoms with E-state index < -0.39 is 5.91 Å². The Bertz CT molecular complexity index is 1270. The summed E-state index contributed by atoms with van der Waals surface area (Å²) in [5.41, 5.74) is 0.948. The topological polar surface area (TPSA) is 101 Å². The third kappa shape index (κ3) is 3.63. The fourth-order valence-corrected chi connectivity index (χ4v) is 3.87. The van der Waals surface area contributed by atoms with E-state index in [1.807, 2.05) is 35.1 Å². The molecule has 4 aromatic rings. The number of hydrogen-bond acceptors (Lipinski definition) is 6. The highest BCUT2D eigenvalue weighted by Gasteiger charge is 2.23. The molecule has 154 valence electrons. The van der Waals surface area contributed by atoms with Gasteiger partial charge in [-0.25, -0.2) is 0 Å². The lowest BCUT2D eigenvalue weighted by molar-refractivity contribution is 0.0932. The van der Waals surface area contributed by atoms with E-state index in [1.54, 1.807) is 30.0 Å². The maximum atomic E-state index is 13.0. The summed E-state index contributed by atoms with van der Waals surface area (Å²) in [6, 6.07) is 10.4. The number of nitrogens with zero attached hydrogens (tertiary/aromatic N) is 3. The molecule has 0 aliphatic carbocycles. The number of aromatic amines is 1. The molecule has 0 saturated heterocycles. The summed E-state index contributed by atoms with van der Waals surface area (Å²) >= 11 is 1.67. The lowest BCUT2D eigenvalue weighted by Gasteiger charge is -2.17. The van der Waals surface area contributed by atoms with E-state index >= 15 is 0 Å². The number of thioether (sulfide) groups is 1. The van der Waals surface area contributed by atoms with Gasteiger partial charge in [-0.05, 0) is 42.7 Å². The third-order valence-corrected chi connectivity index (χ3v) is 5.55. The van der Waals surface area contributed by atoms with Gasteiger partial charge in [-0.15, -0.1) is 10.2 Å². The molecule has 0 aliphatic heterocycles. The molecule has 3 heterocycles. The molecule has 1 amide bonds. The molecule has 0 spiro atoms. The van der Waals surface area contributed by atoms with E-state index in [2.05, 4.69) is 20.5 Å². The van der Waals surface area contributed by atoms with Crippen molar-refractivity contribution in [1.82, 2.24) is 24.9 Å². The largest absolute Gasteiger partial charge is 0.495 e. The monoisotopic (exact) mass is 423 g/mol. The molecule has 0 radical (unpaired) electrons. The van der Waals surface area contributed by atoms with Crippen LogP contribution in [-0.2, 0) is 0 Å². The van der Waals surface area contributed by atoms with Crippen LogP contribution in [0.4, 0.5) is 0 Å². The van der Waals surface area contributed by atoms with Crippen molar-refractivity contribution >= 4 is 34.2 Å². The Labute approximate surface area is 176 Å². The fraction of sp³-hybridized carbons (Fsp3) is 0.238. The fourth-order valence-electron chi connectivity index (χ4n) is 3.40. The van der Waals surface area contributed by atoms with Crippen molar-refractivity contribution in [2.75, 3.05) is 19.1 Å². The lowest BCUT2D eigenvalue weighted by atomic mass is 10.1. The summed E-state index contributed by atoms with van der Waals surface area (Å²) in [5.74, 6) is 1.54. The number of methoxy groups -OCH3 is 1. The highest BCUT2D eigenvalue weighted by atomic mass is 32.2. The van der Waals surface area contributed by atoms with Crippen molar-refractivity contribution in [3.05, 3.63) is 70.4 Å². The molecular weight excluding hydrogens is 402 g/mol. The number of aromatic nitrogens is 4. The van der Waals surface area contributed by atoms with E-state index in [0.717, 1.165) is 5.75 Å². The standard InChI is InChI=1S/C21H21N5O3S/c1-29-16-7-5-6-13-18(16)22-12-14(19(13)27)21(28)23-15(9-11-30-2)20-25-24-17-8-3-4-10-26(17)20/h3-8,10,12,15H,9,11H2,1-2H3,(H,22,27)(H,23,28)/t15-/m0/s1. The van der Waals surface area contributed by atoms with Crippen molar-refractivity contribution < 1.29 is 9.53 Å². The van der Waals surface area contributed by atoms with E-state index in [0.29, 0.717) is 34.5 Å². The van der Waals surface area contributed by atoms with Crippen molar-refractivity contribution in [1.29, 1.82) is 0 Å². The van der Waals surface area contributed by atoms with Crippen LogP contribution < -0.4 is 15.5 Å². The predicted octanol–water partition coefficient (Wildman–Crippen LogP) is 2.80. The number of ether oxygens (including phenoxy) is 1. The van der Waals surface area contributed by atoms with Gasteiger partial charge < -0.3 is 15.0 Å². The summed E-state index contributed by atoms with van der Waals surface area (Å²) in [6.45, 7) is 0. The molecule has 1 atom stereocenters. The molecule has 0 fully saturated rings. The van der Waals surface area contributed by atoms with Gasteiger partial charge in [-0.2, -0.15) is 11.8 Å². The van der Waals surface area contributed by atoms with Gasteiger partial charge in [0.15, 0.2) is 11.5 Å². The van der Waals surface area contributed by atoms with E-state index in [4.69, 9.17) is 4.74 Å². The molecule has 4 rings (SSSR count). The number of amides is 1. The van der Waals surface area contributed by atoms with Gasteiger partial charge in [0.1, 0.15) is 11.3 Å². The number of para-hydroxylation sites is 1. The van der Waals surface area contributed by atoms with Crippen LogP contribution >= 0.6 is 11.8 Å². The minimum absolute atomic E-state index is 0.0405. The number of rotatable bonds is 7. The second-order valence-corrected chi connectivity index (χ2v) is 7.69. The van der Waals surface area contributed by atoms with Gasteiger partial charge in [0, 0.05) is 12.4 Å². The molecule has 30 heavy (non-hydrogen) atoms. The van der Waals surface area contributed by atoms with Crippen LogP contribution in [0.3, 0.4) is 0 Å². The normalized spacial score (nSPS) is 12.2. The number of pyridine rings is 2. The average Bonchev–Trinajstić information content (AvgIpc) is 3.20. The Hall–Kier alpha value is -3.33. The predicted molar refractivity (Wildman–Crippen MR) is 117 cm³/mol. The maximum absolute atomic E-state index is 13.0. The van der Waals surface area contributed by atoms with E-state index in [1.165, 1.54) is 13.3 Å². The van der Waals surface area contributed by atoms with Gasteiger partial charge in [-0.3, -0.25) is 14.0 Å². The SMILES string of the molecule is COc1cccc2c(=O)c(C(=O)N[C@@H](CCSC)c3nnc4ccccn34)c[nH]c12. The first-order chi connectivity index (χ1) is 14.6. The molecule has 0 aliphatic rings. The molecular formula is C21H21N5O3S. The number of benzene rings is 1. The summed E-state index contributed by atoms with van der Waals surface area (Å²) < 4.78 is 7.14. The Kier molecular flexibility index (Phi) is 5.71. The van der Waals surface area contributed by atoms with Crippen LogP contribution in [0, 0.1) is 0 Å². The summed E-state index contributed by atoms with van der Waals surface area (Å²) in [7, 11) is 1.53. The zero-order chi connectivity index (χ0) is 21.1. The summed E-state index contributed by atoms with van der Waals surface area (Å²) in [5, 5.41) is 11.8. The average molecular weight is 423 g/mol. The van der Waals surface area contributed by atoms with Crippen molar-refractivity contribution in [2.24, 2.45) is 0 Å². The third-order valence-electron chi connectivity index (χ3n) is 4.91. The van der Waals surface area contributed by atoms with Crippen LogP contribution in [-0.4, -0.2) is 44.6 Å². The Morgan fingerprint density at radius 3 is 2.93 bits per heavy atom. The Balaban J connectivity index is 1.69. The second kappa shape index (κ2) is 8.58. The number of H-pyrrole nitrogens is 1. The first kappa shape index (κ1) is 20.0. The summed E-state index contributed by atoms with van der Waals surface area (Å²) in [6.07, 6.45) is 5.94. The number of carbonyl (C=O) groups is 1. The van der Waals surface area contributed by atoms with Crippen molar-refractivity contribution in [3.8, 4) is 5.75 Å². The van der Waals surface area contributed by atoms with Gasteiger partial charge >= 0.3 is 0 Å². The van der Waals surface area contributed by atoms with Gasteiger partial charge in [0.2, 0.25) is 5.43 Å². The highest BCUT2D eigenvalue weighted by Crippen LogP contribution is 2.22. The zero-order valence-corrected chi connectivity index (χ0v) is 17.4. The summed E-state index contributed by atoms with van der Waals surface area (Å²) in [4.78, 5) is 29.0. The van der Waals surface area contributed by atoms with Gasteiger partial charge in [-0.1, -0.05) is 12.1 Å². The number of hydrogen-bond donors (Lipinski definition) is 2. The molecule has 0 saturated carbocycles. The van der Waals surface area contributed by atoms with Crippen LogP contribution in [0.1, 0.15) is 28.6 Å². The number of nitrogens with one attached hydrogen (secondary N) is 2. The van der Waals surface area contributed by atoms with E-state index in [9.17, 15) is 9.59 Å². The lowest BCUT2D eigenvalue weighted by Crippen LogP contribution is -2.33. The molecule has 9 heteroatoms. The molecule has 1 aromatic carbocycles. The maximum Gasteiger partial charge on any atom is 0.257 e. The molecule has 3 aromatic heterocycles.